The van der Waals surface area contributed by atoms with Crippen LogP contribution in [-0.4, -0.2) is 30.8 Å². The maximum atomic E-state index is 13.2. The Bertz CT molecular complexity index is 883. The largest absolute Gasteiger partial charge is 0.283 e. The van der Waals surface area contributed by atoms with E-state index in [0.29, 0.717) is 13.0 Å². The Hall–Kier alpha value is -1.73. The number of rotatable bonds is 4. The van der Waals surface area contributed by atoms with Gasteiger partial charge in [0, 0.05) is 4.88 Å². The minimum atomic E-state index is -3.10. The Labute approximate surface area is 158 Å². The number of sulfone groups is 1. The molecule has 1 unspecified atom stereocenters. The fourth-order valence-corrected chi connectivity index (χ4v) is 6.56. The number of carbonyl (C=O) groups is 1. The molecule has 7 heteroatoms. The summed E-state index contributed by atoms with van der Waals surface area (Å²) in [5.74, 6) is -0.496. The minimum absolute atomic E-state index is 0.0395. The van der Waals surface area contributed by atoms with Crippen LogP contribution < -0.4 is 4.90 Å². The van der Waals surface area contributed by atoms with Crippen molar-refractivity contribution in [3.63, 3.8) is 0 Å². The van der Waals surface area contributed by atoms with Crippen molar-refractivity contribution in [3.8, 4) is 0 Å². The van der Waals surface area contributed by atoms with Gasteiger partial charge in [0.2, 0.25) is 5.91 Å². The lowest BCUT2D eigenvalue weighted by atomic mass is 10.0. The van der Waals surface area contributed by atoms with E-state index in [9.17, 15) is 13.2 Å². The van der Waals surface area contributed by atoms with Gasteiger partial charge in [0.1, 0.15) is 0 Å². The molecule has 1 saturated heterocycles. The van der Waals surface area contributed by atoms with Gasteiger partial charge in [0.05, 0.1) is 29.7 Å². The zero-order valence-electron chi connectivity index (χ0n) is 14.6. The maximum Gasteiger partial charge on any atom is 0.233 e. The van der Waals surface area contributed by atoms with Crippen molar-refractivity contribution >= 4 is 32.2 Å². The van der Waals surface area contributed by atoms with Crippen LogP contribution in [0, 0.1) is 5.92 Å². The van der Waals surface area contributed by atoms with Crippen molar-refractivity contribution in [1.29, 1.82) is 0 Å². The van der Waals surface area contributed by atoms with Crippen LogP contribution in [0.25, 0.3) is 0 Å². The van der Waals surface area contributed by atoms with E-state index >= 15 is 0 Å². The quantitative estimate of drug-likeness (QED) is 0.805. The van der Waals surface area contributed by atoms with Gasteiger partial charge < -0.3 is 0 Å². The van der Waals surface area contributed by atoms with Crippen LogP contribution in [0.3, 0.4) is 0 Å². The van der Waals surface area contributed by atoms with Crippen LogP contribution >= 0.6 is 11.3 Å². The average molecular weight is 391 g/mol. The van der Waals surface area contributed by atoms with E-state index in [0.717, 1.165) is 35.7 Å². The third kappa shape index (κ3) is 3.69. The molecule has 1 atom stereocenters. The summed E-state index contributed by atoms with van der Waals surface area (Å²) in [5.41, 5.74) is 2.14. The van der Waals surface area contributed by atoms with E-state index in [1.165, 1.54) is 11.3 Å². The Morgan fingerprint density at radius 2 is 1.96 bits per heavy atom. The lowest BCUT2D eigenvalue weighted by Crippen LogP contribution is -2.36. The first-order valence-corrected chi connectivity index (χ1v) is 11.7. The highest BCUT2D eigenvalue weighted by atomic mass is 32.2. The van der Waals surface area contributed by atoms with Gasteiger partial charge >= 0.3 is 0 Å². The highest BCUT2D eigenvalue weighted by molar-refractivity contribution is 7.91. The van der Waals surface area contributed by atoms with Crippen LogP contribution in [0.2, 0.25) is 0 Å². The molecule has 0 spiro atoms. The van der Waals surface area contributed by atoms with Gasteiger partial charge in [-0.15, -0.1) is 11.3 Å². The van der Waals surface area contributed by atoms with Crippen molar-refractivity contribution in [1.82, 2.24) is 4.98 Å². The van der Waals surface area contributed by atoms with Crippen LogP contribution in [0.1, 0.15) is 35.4 Å². The third-order valence-electron chi connectivity index (χ3n) is 5.10. The Morgan fingerprint density at radius 1 is 1.19 bits per heavy atom. The van der Waals surface area contributed by atoms with Gasteiger partial charge in [0.25, 0.3) is 0 Å². The standard InChI is InChI=1S/C19H22N2O3S2/c22-18(15-10-11-26(23,24)13-15)21(12-14-6-2-1-3-7-14)19-20-16-8-4-5-9-17(16)25-19/h1-3,6-7,15H,4-5,8-13H2. The minimum Gasteiger partial charge on any atom is -0.283 e. The number of aryl methyl sites for hydroxylation is 2. The summed E-state index contributed by atoms with van der Waals surface area (Å²) in [6.07, 6.45) is 4.72. The molecule has 1 aromatic heterocycles. The second-order valence-electron chi connectivity index (χ2n) is 7.08. The number of anilines is 1. The van der Waals surface area contributed by atoms with Crippen molar-refractivity contribution in [2.24, 2.45) is 5.92 Å². The van der Waals surface area contributed by atoms with E-state index in [4.69, 9.17) is 4.98 Å². The number of fused-ring (bicyclic) bond motifs is 1. The average Bonchev–Trinajstić information content (AvgIpc) is 3.22. The van der Waals surface area contributed by atoms with Crippen LogP contribution in [0.5, 0.6) is 0 Å². The molecular weight excluding hydrogens is 368 g/mol. The molecule has 0 N–H and O–H groups in total. The van der Waals surface area contributed by atoms with Gasteiger partial charge in [-0.1, -0.05) is 30.3 Å². The maximum absolute atomic E-state index is 13.2. The topological polar surface area (TPSA) is 67.3 Å². The number of hydrogen-bond donors (Lipinski definition) is 0. The molecule has 138 valence electrons. The molecular formula is C19H22N2O3S2. The first-order chi connectivity index (χ1) is 12.5. The van der Waals surface area contributed by atoms with Gasteiger partial charge in [-0.3, -0.25) is 9.69 Å². The zero-order chi connectivity index (χ0) is 18.1. The van der Waals surface area contributed by atoms with E-state index in [-0.39, 0.29) is 17.4 Å². The number of hydrogen-bond acceptors (Lipinski definition) is 5. The zero-order valence-corrected chi connectivity index (χ0v) is 16.2. The molecule has 1 amide bonds. The summed E-state index contributed by atoms with van der Waals surface area (Å²) in [6, 6.07) is 9.81. The summed E-state index contributed by atoms with van der Waals surface area (Å²) < 4.78 is 23.7. The molecule has 0 saturated carbocycles. The molecule has 1 aromatic carbocycles. The lowest BCUT2D eigenvalue weighted by molar-refractivity contribution is -0.121. The molecule has 2 aliphatic rings. The van der Waals surface area contributed by atoms with E-state index < -0.39 is 15.8 Å². The number of carbonyl (C=O) groups excluding carboxylic acids is 1. The second kappa shape index (κ2) is 7.12. The number of nitrogens with zero attached hydrogens (tertiary/aromatic N) is 2. The molecule has 2 aromatic rings. The summed E-state index contributed by atoms with van der Waals surface area (Å²) in [4.78, 5) is 20.9. The number of thiazole rings is 1. The Balaban J connectivity index is 1.65. The SMILES string of the molecule is O=C(C1CCS(=O)(=O)C1)N(Cc1ccccc1)c1nc2c(s1)CCCC2. The predicted molar refractivity (Wildman–Crippen MR) is 103 cm³/mol. The fraction of sp³-hybridized carbons (Fsp3) is 0.474. The number of aromatic nitrogens is 1. The van der Waals surface area contributed by atoms with Crippen LogP contribution in [-0.2, 0) is 34.0 Å². The summed E-state index contributed by atoms with van der Waals surface area (Å²) in [7, 11) is -3.10. The van der Waals surface area contributed by atoms with Crippen molar-refractivity contribution in [2.75, 3.05) is 16.4 Å². The molecule has 1 fully saturated rings. The second-order valence-corrected chi connectivity index (χ2v) is 10.4. The first-order valence-electron chi connectivity index (χ1n) is 9.06. The highest BCUT2D eigenvalue weighted by Crippen LogP contribution is 2.34. The third-order valence-corrected chi connectivity index (χ3v) is 8.04. The predicted octanol–water partition coefficient (Wildman–Crippen LogP) is 2.99. The number of amides is 1. The number of benzene rings is 1. The molecule has 5 nitrogen and oxygen atoms in total. The highest BCUT2D eigenvalue weighted by Gasteiger charge is 2.37. The van der Waals surface area contributed by atoms with E-state index in [1.807, 2.05) is 30.3 Å². The molecule has 26 heavy (non-hydrogen) atoms. The molecule has 1 aliphatic carbocycles. The molecule has 1 aliphatic heterocycles. The van der Waals surface area contributed by atoms with Crippen LogP contribution in [0.15, 0.2) is 30.3 Å². The van der Waals surface area contributed by atoms with Gasteiger partial charge in [0.15, 0.2) is 15.0 Å². The van der Waals surface area contributed by atoms with Gasteiger partial charge in [-0.25, -0.2) is 13.4 Å². The smallest absolute Gasteiger partial charge is 0.233 e. The first kappa shape index (κ1) is 17.7. The van der Waals surface area contributed by atoms with Crippen molar-refractivity contribution in [2.45, 2.75) is 38.6 Å². The molecule has 4 rings (SSSR count). The molecule has 0 bridgehead atoms. The molecule has 2 heterocycles. The van der Waals surface area contributed by atoms with E-state index in [2.05, 4.69) is 0 Å². The Morgan fingerprint density at radius 3 is 2.65 bits per heavy atom. The van der Waals surface area contributed by atoms with Gasteiger partial charge in [-0.05, 0) is 37.7 Å². The fourth-order valence-electron chi connectivity index (χ4n) is 3.67. The summed E-state index contributed by atoms with van der Waals surface area (Å²) in [6.45, 7) is 0.433. The normalized spacial score (nSPS) is 21.3. The van der Waals surface area contributed by atoms with Crippen molar-refractivity contribution < 1.29 is 13.2 Å². The van der Waals surface area contributed by atoms with Gasteiger partial charge in [-0.2, -0.15) is 0 Å². The summed E-state index contributed by atoms with van der Waals surface area (Å²) in [5, 5.41) is 0.718. The lowest BCUT2D eigenvalue weighted by Gasteiger charge is -2.23. The van der Waals surface area contributed by atoms with Crippen molar-refractivity contribution in [3.05, 3.63) is 46.5 Å². The summed E-state index contributed by atoms with van der Waals surface area (Å²) >= 11 is 1.59. The Kier molecular flexibility index (Phi) is 4.84. The van der Waals surface area contributed by atoms with E-state index in [1.54, 1.807) is 16.2 Å². The molecule has 0 radical (unpaired) electrons. The monoisotopic (exact) mass is 390 g/mol. The van der Waals surface area contributed by atoms with Crippen LogP contribution in [0.4, 0.5) is 5.13 Å².